The highest BCUT2D eigenvalue weighted by atomic mass is 31.2. The average Bonchev–Trinajstić information content (AvgIpc) is 1.89. The summed E-state index contributed by atoms with van der Waals surface area (Å²) in [5, 5.41) is 0. The van der Waals surface area contributed by atoms with Gasteiger partial charge in [-0.3, -0.25) is 4.57 Å². The molecular formula is C6H7O2P. The molecule has 9 heavy (non-hydrogen) atoms. The summed E-state index contributed by atoms with van der Waals surface area (Å²) in [5.41, 5.74) is 3.85. The molecule has 0 saturated heterocycles. The van der Waals surface area contributed by atoms with E-state index in [1.54, 1.807) is 6.92 Å². The van der Waals surface area contributed by atoms with Gasteiger partial charge in [0.1, 0.15) is 0 Å². The third kappa shape index (κ3) is 2.38. The molecule has 0 aliphatic rings. The van der Waals surface area contributed by atoms with Gasteiger partial charge in [0, 0.05) is 0 Å². The molecule has 0 amide bonds. The molecule has 3 heteroatoms. The molecule has 0 bridgehead atoms. The van der Waals surface area contributed by atoms with Crippen molar-refractivity contribution in [2.24, 2.45) is 0 Å². The largest absolute Gasteiger partial charge is 0.344 e. The number of rotatable bonds is 2. The number of hydrogen-bond donors (Lipinski definition) is 0. The number of hydrogen-bond acceptors (Lipinski definition) is 2. The Morgan fingerprint density at radius 2 is 2.00 bits per heavy atom. The summed E-state index contributed by atoms with van der Waals surface area (Å²) in [6, 6.07) is 0. The zero-order valence-electron chi connectivity index (χ0n) is 5.13. The first kappa shape index (κ1) is 8.31. The van der Waals surface area contributed by atoms with Crippen molar-refractivity contribution in [1.29, 1.82) is 0 Å². The molecule has 0 aliphatic heterocycles. The Labute approximate surface area is 55.1 Å². The lowest BCUT2D eigenvalue weighted by atomic mass is 10.9. The number of terminal acetylenes is 2. The predicted molar refractivity (Wildman–Crippen MR) is 36.9 cm³/mol. The Balaban J connectivity index is 4.22. The van der Waals surface area contributed by atoms with Gasteiger partial charge in [-0.2, -0.15) is 0 Å². The smallest absolute Gasteiger partial charge is 0.311 e. The van der Waals surface area contributed by atoms with Crippen molar-refractivity contribution >= 4 is 7.37 Å². The van der Waals surface area contributed by atoms with Crippen LogP contribution < -0.4 is 0 Å². The minimum atomic E-state index is -3.13. The van der Waals surface area contributed by atoms with E-state index in [-0.39, 0.29) is 6.61 Å². The van der Waals surface area contributed by atoms with Crippen LogP contribution in [0.5, 0.6) is 0 Å². The lowest BCUT2D eigenvalue weighted by molar-refractivity contribution is 0.349. The molecule has 0 N–H and O–H groups in total. The van der Waals surface area contributed by atoms with Crippen LogP contribution in [-0.2, 0) is 9.09 Å². The summed E-state index contributed by atoms with van der Waals surface area (Å²) in [7, 11) is -3.13. The first-order valence-electron chi connectivity index (χ1n) is 2.39. The molecule has 0 radical (unpaired) electrons. The lowest BCUT2D eigenvalue weighted by Crippen LogP contribution is -1.82. The zero-order valence-corrected chi connectivity index (χ0v) is 6.02. The fourth-order valence-corrected chi connectivity index (χ4v) is 0.881. The van der Waals surface area contributed by atoms with Crippen LogP contribution in [0.3, 0.4) is 0 Å². The second-order valence-corrected chi connectivity index (χ2v) is 3.11. The van der Waals surface area contributed by atoms with E-state index in [1.165, 1.54) is 0 Å². The van der Waals surface area contributed by atoms with E-state index in [0.29, 0.717) is 0 Å². The van der Waals surface area contributed by atoms with E-state index < -0.39 is 7.37 Å². The Morgan fingerprint density at radius 3 is 2.11 bits per heavy atom. The van der Waals surface area contributed by atoms with Crippen LogP contribution in [0.15, 0.2) is 0 Å². The van der Waals surface area contributed by atoms with Crippen molar-refractivity contribution in [3.63, 3.8) is 0 Å². The van der Waals surface area contributed by atoms with Gasteiger partial charge in [0.2, 0.25) is 0 Å². The quantitative estimate of drug-likeness (QED) is 0.431. The zero-order chi connectivity index (χ0) is 7.33. The van der Waals surface area contributed by atoms with Crippen LogP contribution in [0.2, 0.25) is 0 Å². The fraction of sp³-hybridized carbons (Fsp3) is 0.333. The summed E-state index contributed by atoms with van der Waals surface area (Å²) in [6.45, 7) is 1.97. The minimum Gasteiger partial charge on any atom is -0.311 e. The van der Waals surface area contributed by atoms with E-state index >= 15 is 0 Å². The van der Waals surface area contributed by atoms with Crippen molar-refractivity contribution in [3.05, 3.63) is 0 Å². The minimum absolute atomic E-state index is 0.283. The summed E-state index contributed by atoms with van der Waals surface area (Å²) >= 11 is 0. The van der Waals surface area contributed by atoms with Crippen molar-refractivity contribution in [2.75, 3.05) is 6.61 Å². The molecule has 48 valence electrons. The summed E-state index contributed by atoms with van der Waals surface area (Å²) in [6.07, 6.45) is 9.65. The molecule has 0 aromatic heterocycles. The highest BCUT2D eigenvalue weighted by molar-refractivity contribution is 7.69. The monoisotopic (exact) mass is 142 g/mol. The van der Waals surface area contributed by atoms with Crippen LogP contribution in [-0.4, -0.2) is 6.61 Å². The van der Waals surface area contributed by atoms with E-state index in [4.69, 9.17) is 12.8 Å². The van der Waals surface area contributed by atoms with Gasteiger partial charge in [-0.25, -0.2) is 0 Å². The van der Waals surface area contributed by atoms with Gasteiger partial charge in [-0.05, 0) is 18.2 Å². The maximum Gasteiger partial charge on any atom is 0.344 e. The first-order chi connectivity index (χ1) is 4.18. The topological polar surface area (TPSA) is 26.3 Å². The maximum atomic E-state index is 10.9. The third-order valence-corrected chi connectivity index (χ3v) is 1.95. The van der Waals surface area contributed by atoms with Crippen LogP contribution in [0, 0.1) is 24.2 Å². The molecule has 0 unspecified atom stereocenters. The van der Waals surface area contributed by atoms with Crippen molar-refractivity contribution in [3.8, 4) is 24.2 Å². The molecule has 0 atom stereocenters. The van der Waals surface area contributed by atoms with Crippen LogP contribution in [0.4, 0.5) is 0 Å². The Morgan fingerprint density at radius 1 is 1.56 bits per heavy atom. The second kappa shape index (κ2) is 3.36. The van der Waals surface area contributed by atoms with Gasteiger partial charge in [-0.1, -0.05) is 0 Å². The lowest BCUT2D eigenvalue weighted by Gasteiger charge is -2.00. The molecule has 0 saturated carbocycles. The molecule has 0 fully saturated rings. The summed E-state index contributed by atoms with van der Waals surface area (Å²) in [4.78, 5) is 0. The van der Waals surface area contributed by atoms with Gasteiger partial charge in [-0.15, -0.1) is 12.8 Å². The Kier molecular flexibility index (Phi) is 3.10. The van der Waals surface area contributed by atoms with Crippen molar-refractivity contribution in [1.82, 2.24) is 0 Å². The first-order valence-corrected chi connectivity index (χ1v) is 4.01. The van der Waals surface area contributed by atoms with Gasteiger partial charge in [0.05, 0.1) is 6.61 Å². The van der Waals surface area contributed by atoms with E-state index in [0.717, 1.165) is 0 Å². The molecular weight excluding hydrogens is 135 g/mol. The standard InChI is InChI=1S/C6H7O2P/c1-4-8-9(7,5-2)6-3/h2-3H,4H2,1H3. The normalized spacial score (nSPS) is 9.67. The van der Waals surface area contributed by atoms with E-state index in [1.807, 2.05) is 11.3 Å². The fourth-order valence-electron chi connectivity index (χ4n) is 0.294. The highest BCUT2D eigenvalue weighted by Crippen LogP contribution is 2.43. The van der Waals surface area contributed by atoms with Gasteiger partial charge >= 0.3 is 7.37 Å². The molecule has 0 aromatic rings. The molecule has 0 spiro atoms. The second-order valence-electron chi connectivity index (χ2n) is 1.23. The van der Waals surface area contributed by atoms with Gasteiger partial charge in [0.15, 0.2) is 0 Å². The molecule has 0 aliphatic carbocycles. The highest BCUT2D eigenvalue weighted by Gasteiger charge is 2.12. The average molecular weight is 142 g/mol. The Bertz CT molecular complexity index is 188. The summed E-state index contributed by atoms with van der Waals surface area (Å²) in [5.74, 6) is 0. The van der Waals surface area contributed by atoms with E-state index in [9.17, 15) is 4.57 Å². The van der Waals surface area contributed by atoms with Crippen LogP contribution in [0.25, 0.3) is 0 Å². The van der Waals surface area contributed by atoms with Crippen molar-refractivity contribution in [2.45, 2.75) is 6.92 Å². The van der Waals surface area contributed by atoms with Gasteiger partial charge < -0.3 is 4.52 Å². The molecule has 0 heterocycles. The molecule has 0 aromatic carbocycles. The predicted octanol–water partition coefficient (Wildman–Crippen LogP) is 1.48. The van der Waals surface area contributed by atoms with Crippen molar-refractivity contribution < 1.29 is 9.09 Å². The maximum absolute atomic E-state index is 10.9. The SMILES string of the molecule is C#CP(=O)(C#C)OCC. The van der Waals surface area contributed by atoms with Gasteiger partial charge in [0.25, 0.3) is 0 Å². The van der Waals surface area contributed by atoms with E-state index in [2.05, 4.69) is 4.52 Å². The molecule has 0 rings (SSSR count). The van der Waals surface area contributed by atoms with Crippen LogP contribution in [0.1, 0.15) is 6.92 Å². The third-order valence-electron chi connectivity index (χ3n) is 0.651. The summed E-state index contributed by atoms with van der Waals surface area (Å²) < 4.78 is 15.5. The van der Waals surface area contributed by atoms with Crippen LogP contribution >= 0.6 is 7.37 Å². The Hall–Kier alpha value is -0.690. The molecule has 2 nitrogen and oxygen atoms in total.